The van der Waals surface area contributed by atoms with Crippen molar-refractivity contribution in [3.05, 3.63) is 71.0 Å². The van der Waals surface area contributed by atoms with Crippen LogP contribution >= 0.6 is 23.4 Å². The van der Waals surface area contributed by atoms with Crippen molar-refractivity contribution in [2.75, 3.05) is 11.6 Å². The normalized spacial score (nSPS) is 10.4. The van der Waals surface area contributed by atoms with Gasteiger partial charge in [-0.2, -0.15) is 0 Å². The van der Waals surface area contributed by atoms with Crippen molar-refractivity contribution in [3.8, 4) is 11.3 Å². The van der Waals surface area contributed by atoms with E-state index >= 15 is 0 Å². The van der Waals surface area contributed by atoms with Gasteiger partial charge in [-0.3, -0.25) is 20.4 Å². The van der Waals surface area contributed by atoms with Crippen molar-refractivity contribution in [2.45, 2.75) is 11.8 Å². The van der Waals surface area contributed by atoms with Crippen molar-refractivity contribution < 1.29 is 9.59 Å². The number of imide groups is 1. The maximum Gasteiger partial charge on any atom is 0.327 e. The smallest absolute Gasteiger partial charge is 0.291 e. The SMILES string of the molecule is CSc1ccc(-c2ncc(NC(=O)NC(=O)c3ccccc3Cl)nc2C)cc1. The van der Waals surface area contributed by atoms with E-state index < -0.39 is 11.9 Å². The zero-order chi connectivity index (χ0) is 20.1. The van der Waals surface area contributed by atoms with E-state index in [1.807, 2.05) is 37.4 Å². The number of hydrogen-bond donors (Lipinski definition) is 2. The number of amides is 3. The number of nitrogens with zero attached hydrogens (tertiary/aromatic N) is 2. The summed E-state index contributed by atoms with van der Waals surface area (Å²) in [7, 11) is 0. The number of nitrogens with one attached hydrogen (secondary N) is 2. The number of urea groups is 1. The molecule has 0 bridgehead atoms. The number of carbonyl (C=O) groups is 2. The van der Waals surface area contributed by atoms with Gasteiger partial charge in [0.15, 0.2) is 5.82 Å². The van der Waals surface area contributed by atoms with Gasteiger partial charge in [-0.05, 0) is 37.4 Å². The molecule has 3 aromatic rings. The fourth-order valence-corrected chi connectivity index (χ4v) is 3.17. The molecule has 8 heteroatoms. The van der Waals surface area contributed by atoms with Crippen molar-refractivity contribution in [2.24, 2.45) is 0 Å². The van der Waals surface area contributed by atoms with Crippen molar-refractivity contribution >= 4 is 41.1 Å². The Balaban J connectivity index is 1.69. The first kappa shape index (κ1) is 19.9. The van der Waals surface area contributed by atoms with E-state index in [-0.39, 0.29) is 16.4 Å². The van der Waals surface area contributed by atoms with Crippen molar-refractivity contribution in [1.29, 1.82) is 0 Å². The van der Waals surface area contributed by atoms with Crippen LogP contribution in [0, 0.1) is 6.92 Å². The molecule has 28 heavy (non-hydrogen) atoms. The van der Waals surface area contributed by atoms with Crippen LogP contribution in [-0.4, -0.2) is 28.2 Å². The Labute approximate surface area is 171 Å². The average molecular weight is 413 g/mol. The van der Waals surface area contributed by atoms with Crippen LogP contribution < -0.4 is 10.6 Å². The highest BCUT2D eigenvalue weighted by molar-refractivity contribution is 7.98. The topological polar surface area (TPSA) is 84.0 Å². The summed E-state index contributed by atoms with van der Waals surface area (Å²) < 4.78 is 0. The Morgan fingerprint density at radius 3 is 2.43 bits per heavy atom. The minimum Gasteiger partial charge on any atom is -0.291 e. The van der Waals surface area contributed by atoms with E-state index in [1.165, 1.54) is 12.3 Å². The molecule has 3 rings (SSSR count). The molecular weight excluding hydrogens is 396 g/mol. The van der Waals surface area contributed by atoms with Gasteiger partial charge in [-0.15, -0.1) is 11.8 Å². The molecule has 0 saturated heterocycles. The lowest BCUT2D eigenvalue weighted by atomic mass is 10.1. The lowest BCUT2D eigenvalue weighted by molar-refractivity contribution is 0.0967. The van der Waals surface area contributed by atoms with E-state index in [0.29, 0.717) is 5.69 Å². The fraction of sp³-hybridized carbons (Fsp3) is 0.100. The molecule has 0 atom stereocenters. The third-order valence-corrected chi connectivity index (χ3v) is 4.97. The third kappa shape index (κ3) is 4.68. The monoisotopic (exact) mass is 412 g/mol. The molecule has 0 fully saturated rings. The Hall–Kier alpha value is -2.90. The number of anilines is 1. The molecule has 0 saturated carbocycles. The first-order valence-corrected chi connectivity index (χ1v) is 9.93. The number of aromatic nitrogens is 2. The lowest BCUT2D eigenvalue weighted by Gasteiger charge is -2.10. The number of aryl methyl sites for hydroxylation is 1. The molecular formula is C20H17ClN4O2S. The number of thioether (sulfide) groups is 1. The maximum absolute atomic E-state index is 12.1. The van der Waals surface area contributed by atoms with Crippen molar-refractivity contribution in [3.63, 3.8) is 0 Å². The van der Waals surface area contributed by atoms with Crippen LogP contribution in [0.4, 0.5) is 10.6 Å². The summed E-state index contributed by atoms with van der Waals surface area (Å²) in [5.41, 5.74) is 2.54. The van der Waals surface area contributed by atoms with E-state index in [4.69, 9.17) is 11.6 Å². The second kappa shape index (κ2) is 8.86. The highest BCUT2D eigenvalue weighted by atomic mass is 35.5. The van der Waals surface area contributed by atoms with Gasteiger partial charge in [-0.25, -0.2) is 9.78 Å². The average Bonchev–Trinajstić information content (AvgIpc) is 2.68. The van der Waals surface area contributed by atoms with Crippen LogP contribution in [0.1, 0.15) is 16.1 Å². The molecule has 142 valence electrons. The summed E-state index contributed by atoms with van der Waals surface area (Å²) in [6.07, 6.45) is 3.46. The summed E-state index contributed by atoms with van der Waals surface area (Å²) in [5, 5.41) is 4.99. The summed E-state index contributed by atoms with van der Waals surface area (Å²) in [6.45, 7) is 1.81. The van der Waals surface area contributed by atoms with E-state index in [0.717, 1.165) is 16.2 Å². The molecule has 0 unspecified atom stereocenters. The molecule has 1 aromatic heterocycles. The molecule has 0 aliphatic carbocycles. The zero-order valence-electron chi connectivity index (χ0n) is 15.2. The largest absolute Gasteiger partial charge is 0.327 e. The highest BCUT2D eigenvalue weighted by Crippen LogP contribution is 2.24. The van der Waals surface area contributed by atoms with E-state index in [1.54, 1.807) is 30.0 Å². The minimum atomic E-state index is -0.712. The first-order valence-electron chi connectivity index (χ1n) is 8.33. The second-order valence-corrected chi connectivity index (χ2v) is 7.09. The Kier molecular flexibility index (Phi) is 6.28. The van der Waals surface area contributed by atoms with Gasteiger partial charge in [0, 0.05) is 10.5 Å². The molecule has 1 heterocycles. The van der Waals surface area contributed by atoms with Gasteiger partial charge in [0.25, 0.3) is 5.91 Å². The van der Waals surface area contributed by atoms with Gasteiger partial charge in [0.05, 0.1) is 28.2 Å². The summed E-state index contributed by atoms with van der Waals surface area (Å²) in [5.74, 6) is -0.357. The van der Waals surface area contributed by atoms with Crippen LogP contribution in [0.15, 0.2) is 59.6 Å². The molecule has 6 nitrogen and oxygen atoms in total. The zero-order valence-corrected chi connectivity index (χ0v) is 16.8. The molecule has 2 N–H and O–H groups in total. The maximum atomic E-state index is 12.1. The minimum absolute atomic E-state index is 0.214. The van der Waals surface area contributed by atoms with Crippen LogP contribution in [-0.2, 0) is 0 Å². The van der Waals surface area contributed by atoms with Gasteiger partial charge < -0.3 is 0 Å². The van der Waals surface area contributed by atoms with Crippen LogP contribution in [0.25, 0.3) is 11.3 Å². The lowest BCUT2D eigenvalue weighted by Crippen LogP contribution is -2.34. The number of rotatable bonds is 4. The summed E-state index contributed by atoms with van der Waals surface area (Å²) >= 11 is 7.63. The Morgan fingerprint density at radius 2 is 1.79 bits per heavy atom. The van der Waals surface area contributed by atoms with Crippen molar-refractivity contribution in [1.82, 2.24) is 15.3 Å². The van der Waals surface area contributed by atoms with Gasteiger partial charge in [0.1, 0.15) is 0 Å². The number of benzene rings is 2. The van der Waals surface area contributed by atoms with Crippen LogP contribution in [0.2, 0.25) is 5.02 Å². The van der Waals surface area contributed by atoms with Crippen LogP contribution in [0.3, 0.4) is 0 Å². The molecule has 0 spiro atoms. The number of hydrogen-bond acceptors (Lipinski definition) is 5. The highest BCUT2D eigenvalue weighted by Gasteiger charge is 2.14. The van der Waals surface area contributed by atoms with Gasteiger partial charge in [0.2, 0.25) is 0 Å². The quantitative estimate of drug-likeness (QED) is 0.602. The molecule has 0 radical (unpaired) electrons. The predicted molar refractivity (Wildman–Crippen MR) is 112 cm³/mol. The fourth-order valence-electron chi connectivity index (χ4n) is 2.54. The van der Waals surface area contributed by atoms with E-state index in [9.17, 15) is 9.59 Å². The second-order valence-electron chi connectivity index (χ2n) is 5.81. The Bertz CT molecular complexity index is 1020. The predicted octanol–water partition coefficient (Wildman–Crippen LogP) is 4.79. The Morgan fingerprint density at radius 1 is 1.07 bits per heavy atom. The first-order chi connectivity index (χ1) is 13.5. The molecule has 2 aromatic carbocycles. The summed E-state index contributed by atoms with van der Waals surface area (Å²) in [6, 6.07) is 13.7. The third-order valence-electron chi connectivity index (χ3n) is 3.90. The molecule has 0 aliphatic rings. The van der Waals surface area contributed by atoms with E-state index in [2.05, 4.69) is 20.6 Å². The summed E-state index contributed by atoms with van der Waals surface area (Å²) in [4.78, 5) is 34.1. The molecule has 0 aliphatic heterocycles. The van der Waals surface area contributed by atoms with Gasteiger partial charge in [-0.1, -0.05) is 35.9 Å². The standard InChI is InChI=1S/C20H17ClN4O2S/c1-12-18(13-7-9-14(28-2)10-8-13)22-11-17(23-12)24-20(27)25-19(26)15-5-3-4-6-16(15)21/h3-11H,1-2H3,(H2,23,24,25,26,27). The van der Waals surface area contributed by atoms with Crippen LogP contribution in [0.5, 0.6) is 0 Å². The number of halogens is 1. The number of carbonyl (C=O) groups excluding carboxylic acids is 2. The van der Waals surface area contributed by atoms with Gasteiger partial charge >= 0.3 is 6.03 Å². The molecule has 3 amide bonds.